The Balaban J connectivity index is 1.35. The van der Waals surface area contributed by atoms with E-state index in [4.69, 9.17) is 4.42 Å². The number of nitrogens with zero attached hydrogens (tertiary/aromatic N) is 1. The van der Waals surface area contributed by atoms with Gasteiger partial charge in [-0.15, -0.1) is 0 Å². The number of sulfonamides is 1. The van der Waals surface area contributed by atoms with Gasteiger partial charge in [0.25, 0.3) is 0 Å². The molecular weight excluding hydrogens is 424 g/mol. The van der Waals surface area contributed by atoms with E-state index in [1.165, 1.54) is 16.0 Å². The van der Waals surface area contributed by atoms with Crippen LogP contribution in [0.1, 0.15) is 34.2 Å². The average molecular weight is 454 g/mol. The fourth-order valence-corrected chi connectivity index (χ4v) is 6.81. The molecule has 3 aromatic rings. The first-order valence-corrected chi connectivity index (χ1v) is 12.7. The van der Waals surface area contributed by atoms with Gasteiger partial charge in [0.2, 0.25) is 10.0 Å². The SMILES string of the molecule is Cc1ccc(C)c(S(=O)(=O)N2CC[NH+](Cc3cc(=O)oc4cc5c(cc34)CCC5)CC2)c1. The maximum absolute atomic E-state index is 13.2. The fourth-order valence-electron chi connectivity index (χ4n) is 5.05. The second kappa shape index (κ2) is 8.14. The number of fused-ring (bicyclic) bond motifs is 2. The topological polar surface area (TPSA) is 72.0 Å². The van der Waals surface area contributed by atoms with Crippen LogP contribution >= 0.6 is 0 Å². The van der Waals surface area contributed by atoms with E-state index in [-0.39, 0.29) is 5.63 Å². The van der Waals surface area contributed by atoms with Gasteiger partial charge in [-0.3, -0.25) is 0 Å². The van der Waals surface area contributed by atoms with Crippen LogP contribution < -0.4 is 10.5 Å². The molecule has 5 rings (SSSR count). The molecule has 0 spiro atoms. The second-order valence-electron chi connectivity index (χ2n) is 9.16. The largest absolute Gasteiger partial charge is 0.423 e. The molecule has 0 radical (unpaired) electrons. The van der Waals surface area contributed by atoms with Crippen molar-refractivity contribution in [1.82, 2.24) is 4.31 Å². The van der Waals surface area contributed by atoms with Gasteiger partial charge in [0.1, 0.15) is 12.1 Å². The lowest BCUT2D eigenvalue weighted by molar-refractivity contribution is -0.917. The van der Waals surface area contributed by atoms with Crippen LogP contribution in [0.25, 0.3) is 11.0 Å². The Morgan fingerprint density at radius 3 is 2.47 bits per heavy atom. The first-order valence-electron chi connectivity index (χ1n) is 11.3. The number of benzene rings is 2. The maximum Gasteiger partial charge on any atom is 0.336 e. The van der Waals surface area contributed by atoms with Crippen LogP contribution in [0.4, 0.5) is 0 Å². The van der Waals surface area contributed by atoms with Crippen molar-refractivity contribution in [2.24, 2.45) is 0 Å². The van der Waals surface area contributed by atoms with Gasteiger partial charge in [0.05, 0.1) is 31.1 Å². The lowest BCUT2D eigenvalue weighted by Gasteiger charge is -2.32. The van der Waals surface area contributed by atoms with Gasteiger partial charge < -0.3 is 9.32 Å². The Morgan fingerprint density at radius 2 is 1.72 bits per heavy atom. The summed E-state index contributed by atoms with van der Waals surface area (Å²) in [4.78, 5) is 13.9. The molecule has 2 heterocycles. The molecule has 2 aromatic carbocycles. The quantitative estimate of drug-likeness (QED) is 0.614. The van der Waals surface area contributed by atoms with E-state index < -0.39 is 10.0 Å². The summed E-state index contributed by atoms with van der Waals surface area (Å²) in [5, 5.41) is 1.02. The summed E-state index contributed by atoms with van der Waals surface area (Å²) in [7, 11) is -3.50. The van der Waals surface area contributed by atoms with E-state index in [0.29, 0.717) is 43.2 Å². The van der Waals surface area contributed by atoms with Crippen molar-refractivity contribution in [3.05, 3.63) is 74.6 Å². The molecule has 6 nitrogen and oxygen atoms in total. The van der Waals surface area contributed by atoms with Crippen molar-refractivity contribution in [2.75, 3.05) is 26.2 Å². The lowest BCUT2D eigenvalue weighted by atomic mass is 10.0. The number of piperazine rings is 1. The van der Waals surface area contributed by atoms with Crippen molar-refractivity contribution in [3.63, 3.8) is 0 Å². The van der Waals surface area contributed by atoms with Gasteiger partial charge >= 0.3 is 5.63 Å². The van der Waals surface area contributed by atoms with Gasteiger partial charge in [0, 0.05) is 17.0 Å². The third-order valence-electron chi connectivity index (χ3n) is 6.87. The zero-order valence-electron chi connectivity index (χ0n) is 18.6. The summed E-state index contributed by atoms with van der Waals surface area (Å²) in [6.45, 7) is 6.80. The van der Waals surface area contributed by atoms with Gasteiger partial charge in [-0.1, -0.05) is 12.1 Å². The normalized spacial score (nSPS) is 17.7. The molecule has 0 bridgehead atoms. The van der Waals surface area contributed by atoms with Crippen molar-refractivity contribution in [3.8, 4) is 0 Å². The summed E-state index contributed by atoms with van der Waals surface area (Å²) in [6.07, 6.45) is 3.26. The Morgan fingerprint density at radius 1 is 1.00 bits per heavy atom. The zero-order valence-corrected chi connectivity index (χ0v) is 19.4. The van der Waals surface area contributed by atoms with Crippen LogP contribution in [0.15, 0.2) is 50.5 Å². The third kappa shape index (κ3) is 3.89. The molecule has 168 valence electrons. The molecule has 32 heavy (non-hydrogen) atoms. The highest BCUT2D eigenvalue weighted by molar-refractivity contribution is 7.89. The molecule has 1 N–H and O–H groups in total. The summed E-state index contributed by atoms with van der Waals surface area (Å²) in [5.41, 5.74) is 5.71. The summed E-state index contributed by atoms with van der Waals surface area (Å²) >= 11 is 0. The first kappa shape index (κ1) is 21.4. The highest BCUT2D eigenvalue weighted by Crippen LogP contribution is 2.28. The number of quaternary nitrogens is 1. The Bertz CT molecular complexity index is 1350. The number of hydrogen-bond donors (Lipinski definition) is 1. The van der Waals surface area contributed by atoms with E-state index in [1.807, 2.05) is 32.0 Å². The summed E-state index contributed by atoms with van der Waals surface area (Å²) in [5.74, 6) is 0. The van der Waals surface area contributed by atoms with E-state index in [1.54, 1.807) is 16.4 Å². The number of nitrogens with one attached hydrogen (secondary N) is 1. The minimum Gasteiger partial charge on any atom is -0.423 e. The minimum absolute atomic E-state index is 0.319. The molecule has 1 aliphatic heterocycles. The van der Waals surface area contributed by atoms with Crippen molar-refractivity contribution in [1.29, 1.82) is 0 Å². The number of hydrogen-bond acceptors (Lipinski definition) is 4. The molecule has 0 amide bonds. The van der Waals surface area contributed by atoms with E-state index >= 15 is 0 Å². The zero-order chi connectivity index (χ0) is 22.5. The number of aryl methyl sites for hydroxylation is 4. The molecule has 1 aliphatic carbocycles. The van der Waals surface area contributed by atoms with E-state index in [9.17, 15) is 13.2 Å². The standard InChI is InChI=1S/C25H28N2O4S/c1-17-6-7-18(2)24(12-17)32(29,30)27-10-8-26(9-11-27)16-21-15-25(28)31-23-14-20-5-3-4-19(20)13-22(21)23/h6-7,12-15H,3-5,8-11,16H2,1-2H3/p+1. The molecule has 7 heteroatoms. The summed E-state index contributed by atoms with van der Waals surface area (Å²) in [6, 6.07) is 11.4. The van der Waals surface area contributed by atoms with Crippen LogP contribution in [0.5, 0.6) is 0 Å². The Labute approximate surface area is 188 Å². The smallest absolute Gasteiger partial charge is 0.336 e. The van der Waals surface area contributed by atoms with Crippen LogP contribution in [-0.4, -0.2) is 38.9 Å². The molecule has 1 aromatic heterocycles. The van der Waals surface area contributed by atoms with E-state index in [2.05, 4.69) is 6.07 Å². The predicted molar refractivity (Wildman–Crippen MR) is 124 cm³/mol. The lowest BCUT2D eigenvalue weighted by Crippen LogP contribution is -3.13. The fraction of sp³-hybridized carbons (Fsp3) is 0.400. The van der Waals surface area contributed by atoms with E-state index in [0.717, 1.165) is 41.3 Å². The highest BCUT2D eigenvalue weighted by Gasteiger charge is 2.31. The van der Waals surface area contributed by atoms with Crippen LogP contribution in [0.3, 0.4) is 0 Å². The minimum atomic E-state index is -3.50. The predicted octanol–water partition coefficient (Wildman–Crippen LogP) is 1.99. The molecular formula is C25H29N2O4S+. The maximum atomic E-state index is 13.2. The van der Waals surface area contributed by atoms with Crippen molar-refractivity contribution < 1.29 is 17.7 Å². The molecule has 1 saturated heterocycles. The average Bonchev–Trinajstić information content (AvgIpc) is 3.22. The summed E-state index contributed by atoms with van der Waals surface area (Å²) < 4.78 is 33.5. The third-order valence-corrected chi connectivity index (χ3v) is 8.91. The van der Waals surface area contributed by atoms with Crippen LogP contribution in [0, 0.1) is 13.8 Å². The first-order chi connectivity index (χ1) is 15.3. The van der Waals surface area contributed by atoms with Crippen molar-refractivity contribution in [2.45, 2.75) is 44.6 Å². The van der Waals surface area contributed by atoms with Gasteiger partial charge in [-0.2, -0.15) is 4.31 Å². The molecule has 0 saturated carbocycles. The molecule has 0 atom stereocenters. The number of rotatable bonds is 4. The van der Waals surface area contributed by atoms with Gasteiger partial charge in [-0.05, 0) is 73.6 Å². The highest BCUT2D eigenvalue weighted by atomic mass is 32.2. The monoisotopic (exact) mass is 453 g/mol. The molecule has 1 fully saturated rings. The van der Waals surface area contributed by atoms with Gasteiger partial charge in [0.15, 0.2) is 0 Å². The second-order valence-corrected chi connectivity index (χ2v) is 11.1. The molecule has 2 aliphatic rings. The van der Waals surface area contributed by atoms with Crippen LogP contribution in [0.2, 0.25) is 0 Å². The Kier molecular flexibility index (Phi) is 5.43. The molecule has 0 unspecified atom stereocenters. The van der Waals surface area contributed by atoms with Crippen LogP contribution in [-0.2, 0) is 29.4 Å². The Hall–Kier alpha value is -2.48. The van der Waals surface area contributed by atoms with Gasteiger partial charge in [-0.25, -0.2) is 13.2 Å². The van der Waals surface area contributed by atoms with Crippen molar-refractivity contribution >= 4 is 21.0 Å².